The van der Waals surface area contributed by atoms with Gasteiger partial charge in [0.1, 0.15) is 11.8 Å². The lowest BCUT2D eigenvalue weighted by molar-refractivity contribution is -0.393. The minimum absolute atomic E-state index is 0.197. The molecule has 0 atom stereocenters. The van der Waals surface area contributed by atoms with Gasteiger partial charge in [0.15, 0.2) is 5.69 Å². The van der Waals surface area contributed by atoms with Crippen LogP contribution in [0.2, 0.25) is 0 Å². The van der Waals surface area contributed by atoms with E-state index >= 15 is 0 Å². The number of nitrogens with zero attached hydrogens (tertiary/aromatic N) is 6. The van der Waals surface area contributed by atoms with E-state index in [-0.39, 0.29) is 17.2 Å². The Morgan fingerprint density at radius 2 is 1.81 bits per heavy atom. The van der Waals surface area contributed by atoms with Crippen LogP contribution in [0.25, 0.3) is 0 Å². The molecule has 0 aliphatic carbocycles. The lowest BCUT2D eigenvalue weighted by atomic mass is 10.1. The Morgan fingerprint density at radius 1 is 1.13 bits per heavy atom. The van der Waals surface area contributed by atoms with Gasteiger partial charge in [-0.05, 0) is 32.0 Å². The zero-order chi connectivity index (χ0) is 23.1. The number of rotatable bonds is 8. The molecule has 0 radical (unpaired) electrons. The van der Waals surface area contributed by atoms with Gasteiger partial charge in [-0.1, -0.05) is 0 Å². The van der Waals surface area contributed by atoms with Crippen molar-refractivity contribution in [3.8, 4) is 6.07 Å². The summed E-state index contributed by atoms with van der Waals surface area (Å²) in [6, 6.07) is 8.29. The summed E-state index contributed by atoms with van der Waals surface area (Å²) in [6.07, 6.45) is 0. The molecule has 1 amide bonds. The lowest BCUT2D eigenvalue weighted by Crippen LogP contribution is -2.21. The summed E-state index contributed by atoms with van der Waals surface area (Å²) >= 11 is 0. The molecule has 0 aromatic heterocycles. The van der Waals surface area contributed by atoms with Crippen LogP contribution in [0, 0.1) is 31.6 Å². The first-order valence-corrected chi connectivity index (χ1v) is 9.17. The van der Waals surface area contributed by atoms with E-state index in [1.54, 1.807) is 24.3 Å². The van der Waals surface area contributed by atoms with E-state index in [4.69, 9.17) is 0 Å². The average Bonchev–Trinajstić information content (AvgIpc) is 2.72. The Morgan fingerprint density at radius 3 is 2.32 bits per heavy atom. The van der Waals surface area contributed by atoms with Crippen molar-refractivity contribution >= 4 is 40.0 Å². The molecule has 12 heteroatoms. The fraction of sp³-hybridized carbons (Fsp3) is 0.263. The summed E-state index contributed by atoms with van der Waals surface area (Å²) in [5.74, 6) is -0.354. The summed E-state index contributed by atoms with van der Waals surface area (Å²) in [7, 11) is 0. The summed E-state index contributed by atoms with van der Waals surface area (Å²) in [6.45, 7) is 6.74. The number of non-ortho nitro benzene ring substituents is 1. The summed E-state index contributed by atoms with van der Waals surface area (Å²) in [5.41, 5.74) is -0.775. The SMILES string of the molecule is CCN(CC)c1ccc(N=Nc2c(C#N)cc([N+](=O)[O-])cc2[N+](=O)[O-])c(NC(C)=O)c1. The first-order chi connectivity index (χ1) is 14.7. The monoisotopic (exact) mass is 425 g/mol. The van der Waals surface area contributed by atoms with Gasteiger partial charge in [-0.2, -0.15) is 5.26 Å². The van der Waals surface area contributed by atoms with Gasteiger partial charge in [-0.3, -0.25) is 25.0 Å². The summed E-state index contributed by atoms with van der Waals surface area (Å²) in [5, 5.41) is 42.1. The maximum atomic E-state index is 11.6. The number of benzene rings is 2. The Hall–Kier alpha value is -4.40. The van der Waals surface area contributed by atoms with Crippen LogP contribution >= 0.6 is 0 Å². The number of anilines is 2. The Labute approximate surface area is 177 Å². The molecule has 1 N–H and O–H groups in total. The third kappa shape index (κ3) is 5.36. The lowest BCUT2D eigenvalue weighted by Gasteiger charge is -2.22. The number of nitrogens with one attached hydrogen (secondary N) is 1. The predicted molar refractivity (Wildman–Crippen MR) is 113 cm³/mol. The third-order valence-electron chi connectivity index (χ3n) is 4.28. The van der Waals surface area contributed by atoms with Gasteiger partial charge in [0.05, 0.1) is 27.2 Å². The van der Waals surface area contributed by atoms with Crippen molar-refractivity contribution < 1.29 is 14.6 Å². The van der Waals surface area contributed by atoms with Crippen LogP contribution in [0.3, 0.4) is 0 Å². The smallest absolute Gasteiger partial charge is 0.304 e. The molecule has 0 heterocycles. The largest absolute Gasteiger partial charge is 0.372 e. The van der Waals surface area contributed by atoms with Crippen LogP contribution in [0.5, 0.6) is 0 Å². The number of azo groups is 1. The molecule has 0 aliphatic rings. The van der Waals surface area contributed by atoms with E-state index in [0.29, 0.717) is 11.8 Å². The number of nitro benzene ring substituents is 2. The number of nitriles is 1. The van der Waals surface area contributed by atoms with Crippen molar-refractivity contribution in [2.24, 2.45) is 10.2 Å². The van der Waals surface area contributed by atoms with Crippen LogP contribution in [-0.4, -0.2) is 28.8 Å². The quantitative estimate of drug-likeness (QED) is 0.366. The normalized spacial score (nSPS) is 10.5. The molecule has 0 fully saturated rings. The Balaban J connectivity index is 2.61. The van der Waals surface area contributed by atoms with Crippen molar-refractivity contribution in [1.82, 2.24) is 0 Å². The fourth-order valence-electron chi connectivity index (χ4n) is 2.83. The van der Waals surface area contributed by atoms with E-state index in [9.17, 15) is 30.3 Å². The van der Waals surface area contributed by atoms with Gasteiger partial charge in [0.25, 0.3) is 5.69 Å². The van der Waals surface area contributed by atoms with Gasteiger partial charge in [0, 0.05) is 31.8 Å². The molecule has 2 aromatic carbocycles. The highest BCUT2D eigenvalue weighted by atomic mass is 16.6. The molecule has 2 aromatic rings. The second-order valence-corrected chi connectivity index (χ2v) is 6.24. The minimum atomic E-state index is -0.875. The highest BCUT2D eigenvalue weighted by Crippen LogP contribution is 2.38. The third-order valence-corrected chi connectivity index (χ3v) is 4.28. The molecule has 160 valence electrons. The molecule has 0 saturated heterocycles. The molecular formula is C19H19N7O5. The van der Waals surface area contributed by atoms with Crippen molar-refractivity contribution in [2.75, 3.05) is 23.3 Å². The van der Waals surface area contributed by atoms with E-state index in [1.807, 2.05) is 18.7 Å². The molecule has 0 aliphatic heterocycles. The molecule has 0 spiro atoms. The van der Waals surface area contributed by atoms with Gasteiger partial charge in [-0.15, -0.1) is 10.2 Å². The first kappa shape index (κ1) is 22.9. The number of amides is 1. The Kier molecular flexibility index (Phi) is 7.29. The van der Waals surface area contributed by atoms with Crippen LogP contribution in [-0.2, 0) is 4.79 Å². The maximum Gasteiger partial charge on any atom is 0.304 e. The Bertz CT molecular complexity index is 1100. The second-order valence-electron chi connectivity index (χ2n) is 6.24. The van der Waals surface area contributed by atoms with Gasteiger partial charge in [0.2, 0.25) is 5.91 Å². The van der Waals surface area contributed by atoms with Crippen LogP contribution in [0.4, 0.5) is 34.1 Å². The highest BCUT2D eigenvalue weighted by molar-refractivity contribution is 5.93. The van der Waals surface area contributed by atoms with E-state index in [1.165, 1.54) is 6.92 Å². The highest BCUT2D eigenvalue weighted by Gasteiger charge is 2.24. The van der Waals surface area contributed by atoms with Crippen LogP contribution in [0.1, 0.15) is 26.3 Å². The molecule has 0 bridgehead atoms. The zero-order valence-electron chi connectivity index (χ0n) is 17.0. The van der Waals surface area contributed by atoms with Crippen molar-refractivity contribution in [3.05, 3.63) is 56.1 Å². The standard InChI is InChI=1S/C19H19N7O5/c1-4-24(5-2)14-6-7-16(17(9-14)21-12(3)27)22-23-19-13(11-20)8-15(25(28)29)10-18(19)26(30)31/h6-10H,4-5H2,1-3H3,(H,21,27). The number of hydrogen-bond donors (Lipinski definition) is 1. The van der Waals surface area contributed by atoms with Gasteiger partial charge >= 0.3 is 5.69 Å². The molecule has 12 nitrogen and oxygen atoms in total. The first-order valence-electron chi connectivity index (χ1n) is 9.17. The average molecular weight is 425 g/mol. The van der Waals surface area contributed by atoms with Crippen molar-refractivity contribution in [3.63, 3.8) is 0 Å². The summed E-state index contributed by atoms with van der Waals surface area (Å²) in [4.78, 5) is 34.3. The number of nitro groups is 2. The van der Waals surface area contributed by atoms with Crippen molar-refractivity contribution in [2.45, 2.75) is 20.8 Å². The number of carbonyl (C=O) groups is 1. The van der Waals surface area contributed by atoms with E-state index in [0.717, 1.165) is 24.8 Å². The topological polar surface area (TPSA) is 167 Å². The zero-order valence-corrected chi connectivity index (χ0v) is 17.0. The number of carbonyl (C=O) groups excluding carboxylic acids is 1. The predicted octanol–water partition coefficient (Wildman–Crippen LogP) is 4.59. The van der Waals surface area contributed by atoms with Gasteiger partial charge in [-0.25, -0.2) is 0 Å². The molecule has 0 saturated carbocycles. The molecule has 31 heavy (non-hydrogen) atoms. The minimum Gasteiger partial charge on any atom is -0.372 e. The fourth-order valence-corrected chi connectivity index (χ4v) is 2.83. The molecular weight excluding hydrogens is 406 g/mol. The molecule has 2 rings (SSSR count). The van der Waals surface area contributed by atoms with Crippen LogP contribution in [0.15, 0.2) is 40.6 Å². The second kappa shape index (κ2) is 9.88. The van der Waals surface area contributed by atoms with E-state index in [2.05, 4.69) is 15.5 Å². The van der Waals surface area contributed by atoms with E-state index < -0.39 is 26.9 Å². The van der Waals surface area contributed by atoms with Gasteiger partial charge < -0.3 is 10.2 Å². The van der Waals surface area contributed by atoms with Crippen molar-refractivity contribution in [1.29, 1.82) is 5.26 Å². The van der Waals surface area contributed by atoms with Crippen LogP contribution < -0.4 is 10.2 Å². The maximum absolute atomic E-state index is 11.6. The number of hydrogen-bond acceptors (Lipinski definition) is 9. The molecule has 0 unspecified atom stereocenters. The summed E-state index contributed by atoms with van der Waals surface area (Å²) < 4.78 is 0.